The van der Waals surface area contributed by atoms with Crippen LogP contribution >= 0.6 is 0 Å². The Bertz CT molecular complexity index is 942. The van der Waals surface area contributed by atoms with Crippen LogP contribution in [-0.4, -0.2) is 29.8 Å². The highest BCUT2D eigenvalue weighted by atomic mass is 16.5. The summed E-state index contributed by atoms with van der Waals surface area (Å²) in [6.07, 6.45) is 2.44. The number of aromatic nitrogens is 1. The van der Waals surface area contributed by atoms with Crippen molar-refractivity contribution in [1.29, 1.82) is 0 Å². The molecule has 126 valence electrons. The Morgan fingerprint density at radius 3 is 2.52 bits per heavy atom. The first kappa shape index (κ1) is 16.4. The summed E-state index contributed by atoms with van der Waals surface area (Å²) in [5.41, 5.74) is 2.35. The van der Waals surface area contributed by atoms with Gasteiger partial charge in [-0.25, -0.2) is 4.79 Å². The molecule has 1 amide bonds. The molecular formula is C19H16N2O4. The number of rotatable bonds is 5. The lowest BCUT2D eigenvalue weighted by molar-refractivity contribution is -0.116. The topological polar surface area (TPSA) is 77.4 Å². The number of aldehydes is 1. The van der Waals surface area contributed by atoms with Crippen molar-refractivity contribution in [2.75, 3.05) is 12.4 Å². The highest BCUT2D eigenvalue weighted by Crippen LogP contribution is 2.20. The van der Waals surface area contributed by atoms with Gasteiger partial charge in [-0.15, -0.1) is 0 Å². The third kappa shape index (κ3) is 3.42. The van der Waals surface area contributed by atoms with Crippen LogP contribution in [0, 0.1) is 0 Å². The van der Waals surface area contributed by atoms with Gasteiger partial charge < -0.3 is 14.6 Å². The Kier molecular flexibility index (Phi) is 4.61. The zero-order chi connectivity index (χ0) is 17.8. The number of nitrogens with zero attached hydrogens (tertiary/aromatic N) is 1. The molecule has 6 nitrogen and oxygen atoms in total. The number of hydrogen-bond acceptors (Lipinski definition) is 4. The molecule has 0 aliphatic rings. The van der Waals surface area contributed by atoms with E-state index in [0.717, 1.165) is 17.2 Å². The van der Waals surface area contributed by atoms with Crippen molar-refractivity contribution in [3.8, 4) is 0 Å². The lowest BCUT2D eigenvalue weighted by Crippen LogP contribution is -2.18. The first-order valence-electron chi connectivity index (χ1n) is 7.63. The number of ether oxygens (including phenoxy) is 1. The summed E-state index contributed by atoms with van der Waals surface area (Å²) >= 11 is 0. The average Bonchev–Trinajstić information content (AvgIpc) is 2.99. The van der Waals surface area contributed by atoms with E-state index in [0.29, 0.717) is 16.8 Å². The van der Waals surface area contributed by atoms with Gasteiger partial charge in [0.05, 0.1) is 12.7 Å². The molecule has 6 heteroatoms. The van der Waals surface area contributed by atoms with Crippen LogP contribution < -0.4 is 5.32 Å². The van der Waals surface area contributed by atoms with Gasteiger partial charge in [0.2, 0.25) is 5.91 Å². The van der Waals surface area contributed by atoms with Crippen LogP contribution in [0.5, 0.6) is 0 Å². The fourth-order valence-corrected chi connectivity index (χ4v) is 2.66. The Morgan fingerprint density at radius 2 is 1.84 bits per heavy atom. The van der Waals surface area contributed by atoms with Crippen LogP contribution in [0.1, 0.15) is 20.7 Å². The minimum absolute atomic E-state index is 0.0765. The number of methoxy groups -OCH3 is 1. The maximum atomic E-state index is 12.3. The number of carbonyl (C=O) groups excluding carboxylic acids is 3. The first-order valence-corrected chi connectivity index (χ1v) is 7.63. The standard InChI is InChI=1S/C19H16N2O4/c1-25-19(24)13-6-8-15(9-7-13)20-18(23)11-21-10-14(12-22)16-4-2-3-5-17(16)21/h2-10,12H,11H2,1H3,(H,20,23). The van der Waals surface area contributed by atoms with Gasteiger partial charge in [0, 0.05) is 28.4 Å². The molecule has 0 atom stereocenters. The Labute approximate surface area is 144 Å². The van der Waals surface area contributed by atoms with E-state index in [4.69, 9.17) is 0 Å². The van der Waals surface area contributed by atoms with Gasteiger partial charge in [-0.2, -0.15) is 0 Å². The number of carbonyl (C=O) groups is 3. The second-order valence-electron chi connectivity index (χ2n) is 5.46. The summed E-state index contributed by atoms with van der Waals surface area (Å²) in [7, 11) is 1.31. The van der Waals surface area contributed by atoms with Crippen LogP contribution in [0.15, 0.2) is 54.7 Å². The van der Waals surface area contributed by atoms with Gasteiger partial charge in [-0.3, -0.25) is 9.59 Å². The lowest BCUT2D eigenvalue weighted by Gasteiger charge is -2.08. The average molecular weight is 336 g/mol. The van der Waals surface area contributed by atoms with Crippen molar-refractivity contribution >= 4 is 34.8 Å². The zero-order valence-corrected chi connectivity index (χ0v) is 13.6. The molecule has 0 spiro atoms. The molecule has 0 saturated heterocycles. The smallest absolute Gasteiger partial charge is 0.337 e. The molecule has 0 fully saturated rings. The van der Waals surface area contributed by atoms with E-state index in [1.54, 1.807) is 35.0 Å². The minimum Gasteiger partial charge on any atom is -0.465 e. The molecule has 2 aromatic carbocycles. The highest BCUT2D eigenvalue weighted by Gasteiger charge is 2.11. The van der Waals surface area contributed by atoms with Crippen molar-refractivity contribution in [2.24, 2.45) is 0 Å². The fraction of sp³-hybridized carbons (Fsp3) is 0.105. The van der Waals surface area contributed by atoms with Crippen LogP contribution in [0.3, 0.4) is 0 Å². The monoisotopic (exact) mass is 336 g/mol. The van der Waals surface area contributed by atoms with Gasteiger partial charge in [0.15, 0.2) is 6.29 Å². The van der Waals surface area contributed by atoms with Crippen LogP contribution in [0.4, 0.5) is 5.69 Å². The van der Waals surface area contributed by atoms with Crippen LogP contribution in [0.2, 0.25) is 0 Å². The number of esters is 1. The Balaban J connectivity index is 1.75. The maximum Gasteiger partial charge on any atom is 0.337 e. The predicted molar refractivity (Wildman–Crippen MR) is 93.7 cm³/mol. The summed E-state index contributed by atoms with van der Waals surface area (Å²) < 4.78 is 6.37. The van der Waals surface area contributed by atoms with E-state index in [1.165, 1.54) is 7.11 Å². The minimum atomic E-state index is -0.432. The number of anilines is 1. The molecule has 0 radical (unpaired) electrons. The third-order valence-electron chi connectivity index (χ3n) is 3.85. The number of hydrogen-bond donors (Lipinski definition) is 1. The van der Waals surface area contributed by atoms with Gasteiger partial charge in [-0.05, 0) is 30.3 Å². The molecule has 0 aliphatic carbocycles. The van der Waals surface area contributed by atoms with Crippen LogP contribution in [-0.2, 0) is 16.1 Å². The molecular weight excluding hydrogens is 320 g/mol. The van der Waals surface area contributed by atoms with E-state index in [-0.39, 0.29) is 12.5 Å². The summed E-state index contributed by atoms with van der Waals surface area (Å²) in [6, 6.07) is 13.8. The highest BCUT2D eigenvalue weighted by molar-refractivity contribution is 5.99. The van der Waals surface area contributed by atoms with E-state index in [2.05, 4.69) is 10.1 Å². The molecule has 1 heterocycles. The zero-order valence-electron chi connectivity index (χ0n) is 13.6. The molecule has 3 rings (SSSR count). The fourth-order valence-electron chi connectivity index (χ4n) is 2.66. The SMILES string of the molecule is COC(=O)c1ccc(NC(=O)Cn2cc(C=O)c3ccccc32)cc1. The van der Waals surface area contributed by atoms with Gasteiger partial charge in [-0.1, -0.05) is 18.2 Å². The number of para-hydroxylation sites is 1. The number of nitrogens with one attached hydrogen (secondary N) is 1. The second kappa shape index (κ2) is 7.00. The van der Waals surface area contributed by atoms with E-state index < -0.39 is 5.97 Å². The number of amides is 1. The molecule has 3 aromatic rings. The quantitative estimate of drug-likeness (QED) is 0.574. The van der Waals surface area contributed by atoms with Crippen molar-refractivity contribution in [3.63, 3.8) is 0 Å². The third-order valence-corrected chi connectivity index (χ3v) is 3.85. The van der Waals surface area contributed by atoms with Gasteiger partial charge in [0.1, 0.15) is 6.54 Å². The predicted octanol–water partition coefficient (Wildman–Crippen LogP) is 2.88. The van der Waals surface area contributed by atoms with Crippen molar-refractivity contribution < 1.29 is 19.1 Å². The molecule has 0 unspecified atom stereocenters. The van der Waals surface area contributed by atoms with E-state index >= 15 is 0 Å². The van der Waals surface area contributed by atoms with Crippen molar-refractivity contribution in [2.45, 2.75) is 6.54 Å². The van der Waals surface area contributed by atoms with Crippen molar-refractivity contribution in [3.05, 3.63) is 65.9 Å². The summed E-state index contributed by atoms with van der Waals surface area (Å²) in [6.45, 7) is 0.0765. The van der Waals surface area contributed by atoms with E-state index in [1.807, 2.05) is 24.3 Å². The molecule has 0 saturated carbocycles. The van der Waals surface area contributed by atoms with Gasteiger partial charge in [0.25, 0.3) is 0 Å². The van der Waals surface area contributed by atoms with Crippen LogP contribution in [0.25, 0.3) is 10.9 Å². The normalized spacial score (nSPS) is 10.4. The second-order valence-corrected chi connectivity index (χ2v) is 5.46. The molecule has 1 aromatic heterocycles. The summed E-state index contributed by atoms with van der Waals surface area (Å²) in [5, 5.41) is 3.58. The van der Waals surface area contributed by atoms with Gasteiger partial charge >= 0.3 is 5.97 Å². The molecule has 25 heavy (non-hydrogen) atoms. The Morgan fingerprint density at radius 1 is 1.12 bits per heavy atom. The number of fused-ring (bicyclic) bond motifs is 1. The summed E-state index contributed by atoms with van der Waals surface area (Å²) in [5.74, 6) is -0.665. The molecule has 0 bridgehead atoms. The first-order chi connectivity index (χ1) is 12.1. The van der Waals surface area contributed by atoms with E-state index in [9.17, 15) is 14.4 Å². The maximum absolute atomic E-state index is 12.3. The largest absolute Gasteiger partial charge is 0.465 e. The Hall–Kier alpha value is -3.41. The number of benzene rings is 2. The summed E-state index contributed by atoms with van der Waals surface area (Å²) in [4.78, 5) is 34.9. The van der Waals surface area contributed by atoms with Crippen molar-refractivity contribution in [1.82, 2.24) is 4.57 Å². The molecule has 0 aliphatic heterocycles. The molecule has 1 N–H and O–H groups in total. The lowest BCUT2D eigenvalue weighted by atomic mass is 10.2.